The molecule has 1 amide bonds. The zero-order valence-corrected chi connectivity index (χ0v) is 15.0. The third-order valence-electron chi connectivity index (χ3n) is 2.96. The van der Waals surface area contributed by atoms with Gasteiger partial charge in [-0.2, -0.15) is 0 Å². The van der Waals surface area contributed by atoms with Gasteiger partial charge in [0.25, 0.3) is 0 Å². The average Bonchev–Trinajstić information content (AvgIpc) is 2.54. The lowest BCUT2D eigenvalue weighted by molar-refractivity contribution is -0.117. The molecule has 1 aromatic heterocycles. The minimum atomic E-state index is -0.582. The van der Waals surface area contributed by atoms with Crippen LogP contribution in [0.1, 0.15) is 12.5 Å². The fourth-order valence-electron chi connectivity index (χ4n) is 1.77. The van der Waals surface area contributed by atoms with Crippen LogP contribution in [0.5, 0.6) is 11.5 Å². The lowest BCUT2D eigenvalue weighted by Gasteiger charge is -2.13. The number of nitrogens with two attached hydrogens (primary N) is 1. The van der Waals surface area contributed by atoms with Crippen LogP contribution < -0.4 is 20.5 Å². The van der Waals surface area contributed by atoms with Crippen molar-refractivity contribution in [2.24, 2.45) is 5.73 Å². The zero-order chi connectivity index (χ0) is 15.9. The first kappa shape index (κ1) is 22.0. The maximum Gasteiger partial charge on any atom is 0.241 e. The second-order valence-corrected chi connectivity index (χ2v) is 4.79. The van der Waals surface area contributed by atoms with Gasteiger partial charge in [0.15, 0.2) is 11.5 Å². The van der Waals surface area contributed by atoms with Gasteiger partial charge in [0.1, 0.15) is 6.61 Å². The van der Waals surface area contributed by atoms with Gasteiger partial charge >= 0.3 is 0 Å². The molecule has 2 rings (SSSR count). The van der Waals surface area contributed by atoms with Gasteiger partial charge in [-0.05, 0) is 25.1 Å². The van der Waals surface area contributed by atoms with E-state index in [0.29, 0.717) is 23.8 Å². The van der Waals surface area contributed by atoms with Crippen LogP contribution in [0.15, 0.2) is 42.7 Å². The van der Waals surface area contributed by atoms with E-state index in [2.05, 4.69) is 10.3 Å². The average molecular weight is 374 g/mol. The third kappa shape index (κ3) is 6.23. The van der Waals surface area contributed by atoms with E-state index >= 15 is 0 Å². The quantitative estimate of drug-likeness (QED) is 0.812. The number of ether oxygens (including phenoxy) is 2. The number of amides is 1. The number of nitrogens with one attached hydrogen (secondary N) is 1. The minimum Gasteiger partial charge on any atom is -0.493 e. The number of aromatic nitrogens is 1. The Hall–Kier alpha value is -2.02. The van der Waals surface area contributed by atoms with Crippen LogP contribution in [-0.4, -0.2) is 24.0 Å². The third-order valence-corrected chi connectivity index (χ3v) is 2.96. The second-order valence-electron chi connectivity index (χ2n) is 4.79. The van der Waals surface area contributed by atoms with Crippen molar-refractivity contribution in [1.82, 2.24) is 4.98 Å². The molecule has 0 aliphatic heterocycles. The first-order chi connectivity index (χ1) is 10.6. The van der Waals surface area contributed by atoms with Gasteiger partial charge in [-0.15, -0.1) is 24.8 Å². The molecule has 0 aliphatic rings. The molecule has 3 N–H and O–H groups in total. The predicted octanol–water partition coefficient (Wildman–Crippen LogP) is 2.80. The van der Waals surface area contributed by atoms with Gasteiger partial charge < -0.3 is 20.5 Å². The Morgan fingerprint density at radius 2 is 2.04 bits per heavy atom. The van der Waals surface area contributed by atoms with Crippen LogP contribution in [0, 0.1) is 0 Å². The largest absolute Gasteiger partial charge is 0.493 e. The molecule has 0 radical (unpaired) electrons. The van der Waals surface area contributed by atoms with Gasteiger partial charge in [-0.25, -0.2) is 0 Å². The summed E-state index contributed by atoms with van der Waals surface area (Å²) in [6.45, 7) is 1.98. The summed E-state index contributed by atoms with van der Waals surface area (Å²) in [6, 6.07) is 8.35. The SMILES string of the molecule is COc1ccc(NC(=O)[C@@H](C)N)cc1OCc1cccnc1.Cl.Cl. The van der Waals surface area contributed by atoms with E-state index in [9.17, 15) is 4.79 Å². The van der Waals surface area contributed by atoms with E-state index in [-0.39, 0.29) is 30.7 Å². The van der Waals surface area contributed by atoms with Crippen LogP contribution in [0.4, 0.5) is 5.69 Å². The van der Waals surface area contributed by atoms with Crippen molar-refractivity contribution in [2.75, 3.05) is 12.4 Å². The number of rotatable bonds is 6. The summed E-state index contributed by atoms with van der Waals surface area (Å²) >= 11 is 0. The summed E-state index contributed by atoms with van der Waals surface area (Å²) in [7, 11) is 1.56. The lowest BCUT2D eigenvalue weighted by Crippen LogP contribution is -2.32. The van der Waals surface area contributed by atoms with Crippen molar-refractivity contribution in [3.8, 4) is 11.5 Å². The first-order valence-corrected chi connectivity index (χ1v) is 6.86. The van der Waals surface area contributed by atoms with E-state index in [1.165, 1.54) is 0 Å². The number of hydrogen-bond donors (Lipinski definition) is 2. The van der Waals surface area contributed by atoms with E-state index in [1.807, 2.05) is 12.1 Å². The fourth-order valence-corrected chi connectivity index (χ4v) is 1.77. The van der Waals surface area contributed by atoms with Gasteiger partial charge in [0.05, 0.1) is 13.2 Å². The molecule has 24 heavy (non-hydrogen) atoms. The normalized spacial score (nSPS) is 10.6. The molecule has 6 nitrogen and oxygen atoms in total. The van der Waals surface area contributed by atoms with Crippen LogP contribution in [0.2, 0.25) is 0 Å². The summed E-state index contributed by atoms with van der Waals surface area (Å²) < 4.78 is 11.0. The van der Waals surface area contributed by atoms with Crippen molar-refractivity contribution in [3.63, 3.8) is 0 Å². The molecule has 1 aromatic carbocycles. The van der Waals surface area contributed by atoms with Gasteiger partial charge in [0, 0.05) is 29.7 Å². The molecule has 2 aromatic rings. The zero-order valence-electron chi connectivity index (χ0n) is 13.4. The molecule has 0 fully saturated rings. The number of anilines is 1. The van der Waals surface area contributed by atoms with Crippen molar-refractivity contribution >= 4 is 36.4 Å². The van der Waals surface area contributed by atoms with Gasteiger partial charge in [-0.1, -0.05) is 6.07 Å². The number of pyridine rings is 1. The minimum absolute atomic E-state index is 0. The number of carbonyl (C=O) groups is 1. The van der Waals surface area contributed by atoms with Crippen molar-refractivity contribution in [2.45, 2.75) is 19.6 Å². The molecule has 0 saturated heterocycles. The Labute approximate surface area is 153 Å². The molecule has 8 heteroatoms. The molecule has 0 saturated carbocycles. The highest BCUT2D eigenvalue weighted by molar-refractivity contribution is 5.94. The number of hydrogen-bond acceptors (Lipinski definition) is 5. The van der Waals surface area contributed by atoms with E-state index < -0.39 is 6.04 Å². The van der Waals surface area contributed by atoms with Gasteiger partial charge in [-0.3, -0.25) is 9.78 Å². The van der Waals surface area contributed by atoms with E-state index in [0.717, 1.165) is 5.56 Å². The first-order valence-electron chi connectivity index (χ1n) is 6.86. The second kappa shape index (κ2) is 10.7. The molecule has 132 valence electrons. The van der Waals surface area contributed by atoms with Crippen molar-refractivity contribution in [3.05, 3.63) is 48.3 Å². The monoisotopic (exact) mass is 373 g/mol. The topological polar surface area (TPSA) is 86.5 Å². The Kier molecular flexibility index (Phi) is 9.80. The van der Waals surface area contributed by atoms with Gasteiger partial charge in [0.2, 0.25) is 5.91 Å². The maximum atomic E-state index is 11.6. The van der Waals surface area contributed by atoms with Crippen LogP contribution in [-0.2, 0) is 11.4 Å². The Balaban J connectivity index is 0.00000264. The number of benzene rings is 1. The summed E-state index contributed by atoms with van der Waals surface area (Å²) in [5.41, 5.74) is 7.08. The van der Waals surface area contributed by atoms with E-state index in [4.69, 9.17) is 15.2 Å². The number of halogens is 2. The molecule has 1 heterocycles. The molecule has 0 unspecified atom stereocenters. The van der Waals surface area contributed by atoms with Crippen molar-refractivity contribution < 1.29 is 14.3 Å². The van der Waals surface area contributed by atoms with Crippen molar-refractivity contribution in [1.29, 1.82) is 0 Å². The van der Waals surface area contributed by atoms with Crippen LogP contribution in [0.25, 0.3) is 0 Å². The Bertz CT molecular complexity index is 640. The highest BCUT2D eigenvalue weighted by Crippen LogP contribution is 2.30. The lowest BCUT2D eigenvalue weighted by atomic mass is 10.2. The molecule has 0 spiro atoms. The Morgan fingerprint density at radius 3 is 2.62 bits per heavy atom. The standard InChI is InChI=1S/C16H19N3O3.2ClH/c1-11(17)16(20)19-13-5-6-14(21-2)15(8-13)22-10-12-4-3-7-18-9-12;;/h3-9,11H,10,17H2,1-2H3,(H,19,20);2*1H/t11-;;/m1../s1. The number of methoxy groups -OCH3 is 1. The summed E-state index contributed by atoms with van der Waals surface area (Å²) in [6.07, 6.45) is 3.43. The molecule has 0 aliphatic carbocycles. The smallest absolute Gasteiger partial charge is 0.241 e. The van der Waals surface area contributed by atoms with E-state index in [1.54, 1.807) is 44.6 Å². The highest BCUT2D eigenvalue weighted by atomic mass is 35.5. The Morgan fingerprint density at radius 1 is 1.29 bits per heavy atom. The predicted molar refractivity (Wildman–Crippen MR) is 98.3 cm³/mol. The van der Waals surface area contributed by atoms with Crippen LogP contribution in [0.3, 0.4) is 0 Å². The molecular weight excluding hydrogens is 353 g/mol. The number of nitrogens with zero attached hydrogens (tertiary/aromatic N) is 1. The molecular formula is C16H21Cl2N3O3. The maximum absolute atomic E-state index is 11.6. The summed E-state index contributed by atoms with van der Waals surface area (Å²) in [5, 5.41) is 2.72. The molecule has 0 bridgehead atoms. The fraction of sp³-hybridized carbons (Fsp3) is 0.250. The summed E-state index contributed by atoms with van der Waals surface area (Å²) in [5.74, 6) is 0.861. The highest BCUT2D eigenvalue weighted by Gasteiger charge is 2.11. The van der Waals surface area contributed by atoms with Crippen LogP contribution >= 0.6 is 24.8 Å². The molecule has 1 atom stereocenters. The number of carbonyl (C=O) groups excluding carboxylic acids is 1. The summed E-state index contributed by atoms with van der Waals surface area (Å²) in [4.78, 5) is 15.7.